The molecule has 0 saturated carbocycles. The van der Waals surface area contributed by atoms with Gasteiger partial charge in [-0.2, -0.15) is 0 Å². The van der Waals surface area contributed by atoms with E-state index in [1.807, 2.05) is 0 Å². The summed E-state index contributed by atoms with van der Waals surface area (Å²) in [6.07, 6.45) is 1.32. The first-order chi connectivity index (χ1) is 5.16. The fourth-order valence-electron chi connectivity index (χ4n) is 0.592. The molecule has 1 N–H and O–H groups in total. The van der Waals surface area contributed by atoms with Gasteiger partial charge in [-0.25, -0.2) is 0 Å². The predicted molar refractivity (Wildman–Crippen MR) is 37.7 cm³/mol. The van der Waals surface area contributed by atoms with Crippen LogP contribution in [0.4, 0.5) is 0 Å². The molecule has 0 spiro atoms. The first kappa shape index (κ1) is 10.1. The number of hydrogen-bond donors (Lipinski definition) is 1. The lowest BCUT2D eigenvalue weighted by Gasteiger charge is -1.97. The van der Waals surface area contributed by atoms with Gasteiger partial charge < -0.3 is 9.84 Å². The van der Waals surface area contributed by atoms with Crippen molar-refractivity contribution in [1.29, 1.82) is 0 Å². The van der Waals surface area contributed by atoms with E-state index in [-0.39, 0.29) is 13.0 Å². The molecular formula is C7H12O4. The Balaban J connectivity index is 3.30. The zero-order valence-corrected chi connectivity index (χ0v) is 6.50. The van der Waals surface area contributed by atoms with Crippen LogP contribution < -0.4 is 0 Å². The van der Waals surface area contributed by atoms with Crippen molar-refractivity contribution in [2.45, 2.75) is 26.2 Å². The number of esters is 2. The highest BCUT2D eigenvalue weighted by Gasteiger charge is 2.04. The van der Waals surface area contributed by atoms with Gasteiger partial charge >= 0.3 is 11.9 Å². The molecule has 4 nitrogen and oxygen atoms in total. The van der Waals surface area contributed by atoms with Gasteiger partial charge in [0.1, 0.15) is 0 Å². The normalized spacial score (nSPS) is 9.27. The molecule has 0 aliphatic heterocycles. The molecule has 0 amide bonds. The van der Waals surface area contributed by atoms with Crippen molar-refractivity contribution < 1.29 is 19.4 Å². The molecule has 4 heteroatoms. The van der Waals surface area contributed by atoms with E-state index < -0.39 is 11.9 Å². The van der Waals surface area contributed by atoms with Crippen LogP contribution in [0.25, 0.3) is 0 Å². The van der Waals surface area contributed by atoms with E-state index in [1.54, 1.807) is 0 Å². The molecule has 0 bridgehead atoms. The second-order valence-electron chi connectivity index (χ2n) is 2.15. The minimum absolute atomic E-state index is 0.0628. The van der Waals surface area contributed by atoms with E-state index in [9.17, 15) is 9.59 Å². The highest BCUT2D eigenvalue weighted by atomic mass is 16.6. The second-order valence-corrected chi connectivity index (χ2v) is 2.15. The molecule has 0 saturated heterocycles. The van der Waals surface area contributed by atoms with Crippen LogP contribution in [0.15, 0.2) is 0 Å². The molecule has 0 aromatic heterocycles. The number of ether oxygens (including phenoxy) is 1. The number of unbranched alkanes of at least 4 members (excludes halogenated alkanes) is 1. The summed E-state index contributed by atoms with van der Waals surface area (Å²) >= 11 is 0. The van der Waals surface area contributed by atoms with Crippen LogP contribution in [0.2, 0.25) is 0 Å². The van der Waals surface area contributed by atoms with Crippen LogP contribution in [0.3, 0.4) is 0 Å². The molecule has 0 heterocycles. The molecule has 0 aromatic carbocycles. The zero-order chi connectivity index (χ0) is 8.69. The number of carbonyl (C=O) groups is 2. The zero-order valence-electron chi connectivity index (χ0n) is 6.50. The SMILES string of the molecule is CC(=O)OC(=O)CCCCO. The van der Waals surface area contributed by atoms with Gasteiger partial charge in [-0.1, -0.05) is 0 Å². The Bertz CT molecular complexity index is 141. The molecule has 11 heavy (non-hydrogen) atoms. The Labute approximate surface area is 65.2 Å². The second kappa shape index (κ2) is 5.85. The monoisotopic (exact) mass is 160 g/mol. The maximum atomic E-state index is 10.6. The van der Waals surface area contributed by atoms with Crippen molar-refractivity contribution in [2.24, 2.45) is 0 Å². The van der Waals surface area contributed by atoms with Crippen LogP contribution in [0.5, 0.6) is 0 Å². The lowest BCUT2D eigenvalue weighted by atomic mass is 10.2. The van der Waals surface area contributed by atoms with Crippen LogP contribution in [0, 0.1) is 0 Å². The highest BCUT2D eigenvalue weighted by Crippen LogP contribution is 1.96. The summed E-state index contributed by atoms with van der Waals surface area (Å²) in [6, 6.07) is 0. The maximum Gasteiger partial charge on any atom is 0.313 e. The Morgan fingerprint density at radius 1 is 1.36 bits per heavy atom. The summed E-state index contributed by atoms with van der Waals surface area (Å²) in [4.78, 5) is 20.8. The molecule has 0 unspecified atom stereocenters. The summed E-state index contributed by atoms with van der Waals surface area (Å²) in [5.74, 6) is -1.11. The minimum Gasteiger partial charge on any atom is -0.396 e. The van der Waals surface area contributed by atoms with E-state index in [2.05, 4.69) is 4.74 Å². The molecule has 0 aliphatic carbocycles. The standard InChI is InChI=1S/C7H12O4/c1-6(9)11-7(10)4-2-3-5-8/h8H,2-5H2,1H3. The van der Waals surface area contributed by atoms with Crippen LogP contribution in [0.1, 0.15) is 26.2 Å². The molecule has 64 valence electrons. The first-order valence-corrected chi connectivity index (χ1v) is 3.49. The summed E-state index contributed by atoms with van der Waals surface area (Å²) in [5.41, 5.74) is 0. The molecule has 0 radical (unpaired) electrons. The summed E-state index contributed by atoms with van der Waals surface area (Å²) in [7, 11) is 0. The Morgan fingerprint density at radius 3 is 2.45 bits per heavy atom. The first-order valence-electron chi connectivity index (χ1n) is 3.49. The fraction of sp³-hybridized carbons (Fsp3) is 0.714. The van der Waals surface area contributed by atoms with Crippen molar-refractivity contribution in [2.75, 3.05) is 6.61 Å². The topological polar surface area (TPSA) is 63.6 Å². The van der Waals surface area contributed by atoms with E-state index in [0.29, 0.717) is 12.8 Å². The van der Waals surface area contributed by atoms with Crippen LogP contribution in [-0.2, 0) is 14.3 Å². The van der Waals surface area contributed by atoms with Gasteiger partial charge in [0.15, 0.2) is 0 Å². The fourth-order valence-corrected chi connectivity index (χ4v) is 0.592. The van der Waals surface area contributed by atoms with Crippen molar-refractivity contribution in [1.82, 2.24) is 0 Å². The van der Waals surface area contributed by atoms with E-state index in [1.165, 1.54) is 6.92 Å². The number of rotatable bonds is 4. The quantitative estimate of drug-likeness (QED) is 0.363. The molecule has 0 fully saturated rings. The average molecular weight is 160 g/mol. The smallest absolute Gasteiger partial charge is 0.313 e. The lowest BCUT2D eigenvalue weighted by Crippen LogP contribution is -2.08. The third-order valence-corrected chi connectivity index (χ3v) is 1.05. The van der Waals surface area contributed by atoms with E-state index in [4.69, 9.17) is 5.11 Å². The van der Waals surface area contributed by atoms with Crippen molar-refractivity contribution in [3.63, 3.8) is 0 Å². The molecule has 0 rings (SSSR count). The van der Waals surface area contributed by atoms with Gasteiger partial charge in [0.25, 0.3) is 0 Å². The number of carbonyl (C=O) groups excluding carboxylic acids is 2. The van der Waals surface area contributed by atoms with Crippen LogP contribution >= 0.6 is 0 Å². The lowest BCUT2D eigenvalue weighted by molar-refractivity contribution is -0.158. The van der Waals surface area contributed by atoms with E-state index >= 15 is 0 Å². The third kappa shape index (κ3) is 6.99. The molecular weight excluding hydrogens is 148 g/mol. The Kier molecular flexibility index (Phi) is 5.37. The van der Waals surface area contributed by atoms with Gasteiger partial charge in [0, 0.05) is 20.0 Å². The average Bonchev–Trinajstić information content (AvgIpc) is 1.86. The van der Waals surface area contributed by atoms with Gasteiger partial charge in [0.05, 0.1) is 0 Å². The Hall–Kier alpha value is -0.900. The Morgan fingerprint density at radius 2 is 2.00 bits per heavy atom. The van der Waals surface area contributed by atoms with Gasteiger partial charge in [-0.05, 0) is 12.8 Å². The number of hydrogen-bond acceptors (Lipinski definition) is 4. The summed E-state index contributed by atoms with van der Waals surface area (Å²) in [6.45, 7) is 1.25. The van der Waals surface area contributed by atoms with Crippen molar-refractivity contribution in [3.8, 4) is 0 Å². The molecule has 0 atom stereocenters. The number of aliphatic hydroxyl groups excluding tert-OH is 1. The predicted octanol–water partition coefficient (Wildman–Crippen LogP) is 0.239. The summed E-state index contributed by atoms with van der Waals surface area (Å²) < 4.78 is 4.24. The summed E-state index contributed by atoms with van der Waals surface area (Å²) in [5, 5.41) is 8.34. The molecule has 0 aromatic rings. The van der Waals surface area contributed by atoms with Gasteiger partial charge in [0.2, 0.25) is 0 Å². The molecule has 0 aliphatic rings. The number of aliphatic hydroxyl groups is 1. The van der Waals surface area contributed by atoms with Gasteiger partial charge in [-0.15, -0.1) is 0 Å². The largest absolute Gasteiger partial charge is 0.396 e. The third-order valence-electron chi connectivity index (χ3n) is 1.05. The highest BCUT2D eigenvalue weighted by molar-refractivity contribution is 5.83. The van der Waals surface area contributed by atoms with Crippen LogP contribution in [-0.4, -0.2) is 23.7 Å². The van der Waals surface area contributed by atoms with Crippen molar-refractivity contribution >= 4 is 11.9 Å². The van der Waals surface area contributed by atoms with E-state index in [0.717, 1.165) is 0 Å². The van der Waals surface area contributed by atoms with Gasteiger partial charge in [-0.3, -0.25) is 9.59 Å². The maximum absolute atomic E-state index is 10.6. The van der Waals surface area contributed by atoms with Crippen molar-refractivity contribution in [3.05, 3.63) is 0 Å². The minimum atomic E-state index is -0.584.